The molecule has 2 amide bonds. The second kappa shape index (κ2) is 4.53. The summed E-state index contributed by atoms with van der Waals surface area (Å²) in [5.74, 6) is -0.152. The molecule has 1 heterocycles. The van der Waals surface area contributed by atoms with Crippen LogP contribution in [0.1, 0.15) is 38.5 Å². The summed E-state index contributed by atoms with van der Waals surface area (Å²) in [5.41, 5.74) is 0.0550. The van der Waals surface area contributed by atoms with Gasteiger partial charge in [-0.15, -0.1) is 0 Å². The summed E-state index contributed by atoms with van der Waals surface area (Å²) < 4.78 is 0. The molecule has 0 unspecified atom stereocenters. The molecule has 1 spiro atoms. The van der Waals surface area contributed by atoms with Gasteiger partial charge >= 0.3 is 51.4 Å². The first-order chi connectivity index (χ1) is 5.70. The van der Waals surface area contributed by atoms with Gasteiger partial charge in [-0.25, -0.2) is 0 Å². The Morgan fingerprint density at radius 1 is 1.00 bits per heavy atom. The molecule has 68 valence electrons. The van der Waals surface area contributed by atoms with E-state index in [1.807, 2.05) is 0 Å². The molecule has 2 fully saturated rings. The molecule has 1 aliphatic carbocycles. The molecule has 0 bridgehead atoms. The number of hydrogen-bond donors (Lipinski definition) is 1. The van der Waals surface area contributed by atoms with E-state index >= 15 is 0 Å². The average molecular weight is 207 g/mol. The van der Waals surface area contributed by atoms with Gasteiger partial charge in [0.25, 0.3) is 0 Å². The third-order valence-corrected chi connectivity index (χ3v) is 3.01. The first-order valence-electron chi connectivity index (χ1n) is 4.53. The van der Waals surface area contributed by atoms with Crippen LogP contribution in [0.5, 0.6) is 0 Å². The van der Waals surface area contributed by atoms with Crippen LogP contribution in [-0.2, 0) is 9.59 Å². The predicted octanol–water partition coefficient (Wildman–Crippen LogP) is 0.335. The van der Waals surface area contributed by atoms with E-state index in [4.69, 9.17) is 0 Å². The Labute approximate surface area is 120 Å². The Morgan fingerprint density at radius 2 is 1.46 bits per heavy atom. The number of carbonyl (C=O) groups excluding carboxylic acids is 2. The second-order valence-electron chi connectivity index (χ2n) is 4.03. The summed E-state index contributed by atoms with van der Waals surface area (Å²) in [4.78, 5) is 22.2. The number of nitrogens with one attached hydrogen (secondary N) is 1. The van der Waals surface area contributed by atoms with E-state index in [0.29, 0.717) is 12.8 Å². The Morgan fingerprint density at radius 3 is 1.92 bits per heavy atom. The first kappa shape index (κ1) is 11.8. The quantitative estimate of drug-likeness (QED) is 0.460. The van der Waals surface area contributed by atoms with Crippen molar-refractivity contribution in [2.75, 3.05) is 0 Å². The molecule has 4 heteroatoms. The normalized spacial score (nSPS) is 25.5. The molecule has 0 aromatic heterocycles. The topological polar surface area (TPSA) is 46.2 Å². The minimum absolute atomic E-state index is 0. The molecular weight excluding hydrogens is 193 g/mol. The third-order valence-electron chi connectivity index (χ3n) is 3.01. The molecule has 1 saturated heterocycles. The number of piperidine rings is 1. The molecule has 13 heavy (non-hydrogen) atoms. The van der Waals surface area contributed by atoms with Gasteiger partial charge in [0.2, 0.25) is 11.8 Å². The monoisotopic (exact) mass is 207 g/mol. The zero-order chi connectivity index (χ0) is 8.60. The van der Waals surface area contributed by atoms with Gasteiger partial charge in [0.05, 0.1) is 0 Å². The van der Waals surface area contributed by atoms with Crippen molar-refractivity contribution in [2.45, 2.75) is 38.5 Å². The van der Waals surface area contributed by atoms with Crippen molar-refractivity contribution in [1.29, 1.82) is 0 Å². The Balaban J connectivity index is 0.000000845. The van der Waals surface area contributed by atoms with Crippen LogP contribution >= 0.6 is 0 Å². The van der Waals surface area contributed by atoms with Crippen molar-refractivity contribution in [1.82, 2.24) is 5.32 Å². The van der Waals surface area contributed by atoms with Crippen molar-refractivity contribution in [3.8, 4) is 0 Å². The van der Waals surface area contributed by atoms with Crippen molar-refractivity contribution < 1.29 is 9.59 Å². The van der Waals surface area contributed by atoms with Gasteiger partial charge in [0.1, 0.15) is 0 Å². The molecule has 2 rings (SSSR count). The van der Waals surface area contributed by atoms with Crippen molar-refractivity contribution in [2.24, 2.45) is 5.41 Å². The van der Waals surface area contributed by atoms with Crippen LogP contribution in [0.2, 0.25) is 0 Å². The Kier molecular flexibility index (Phi) is 4.13. The average Bonchev–Trinajstić information content (AvgIpc) is 2.33. The van der Waals surface area contributed by atoms with Gasteiger partial charge in [0.15, 0.2) is 0 Å². The van der Waals surface area contributed by atoms with Crippen molar-refractivity contribution in [3.63, 3.8) is 0 Å². The summed E-state index contributed by atoms with van der Waals surface area (Å²) in [5, 5.41) is 2.35. The summed E-state index contributed by atoms with van der Waals surface area (Å²) in [6.45, 7) is 0. The summed E-state index contributed by atoms with van der Waals surface area (Å²) in [7, 11) is 0. The van der Waals surface area contributed by atoms with Crippen LogP contribution in [0.4, 0.5) is 0 Å². The molecule has 1 N–H and O–H groups in total. The SMILES string of the molecule is O=C1CC2(CCCC2)CC(=O)N1.[KH]. The zero-order valence-electron chi connectivity index (χ0n) is 7.06. The van der Waals surface area contributed by atoms with E-state index in [-0.39, 0.29) is 68.6 Å². The van der Waals surface area contributed by atoms with Crippen LogP contribution in [0.25, 0.3) is 0 Å². The van der Waals surface area contributed by atoms with Crippen LogP contribution < -0.4 is 5.32 Å². The number of rotatable bonds is 0. The van der Waals surface area contributed by atoms with Crippen LogP contribution in [0.3, 0.4) is 0 Å². The summed E-state index contributed by atoms with van der Waals surface area (Å²) >= 11 is 0. The van der Waals surface area contributed by atoms with Gasteiger partial charge in [-0.1, -0.05) is 12.8 Å². The second-order valence-corrected chi connectivity index (χ2v) is 4.03. The van der Waals surface area contributed by atoms with Crippen LogP contribution in [0.15, 0.2) is 0 Å². The third kappa shape index (κ3) is 2.62. The van der Waals surface area contributed by atoms with Gasteiger partial charge in [-0.3, -0.25) is 14.9 Å². The fourth-order valence-corrected chi connectivity index (χ4v) is 2.47. The zero-order valence-corrected chi connectivity index (χ0v) is 7.06. The number of imide groups is 1. The van der Waals surface area contributed by atoms with E-state index in [9.17, 15) is 9.59 Å². The van der Waals surface area contributed by atoms with Crippen molar-refractivity contribution in [3.05, 3.63) is 0 Å². The molecule has 0 aromatic rings. The molecule has 1 saturated carbocycles. The molecule has 2 aliphatic rings. The molecule has 1 aliphatic heterocycles. The number of hydrogen-bond acceptors (Lipinski definition) is 2. The van der Waals surface area contributed by atoms with Gasteiger partial charge in [-0.2, -0.15) is 0 Å². The van der Waals surface area contributed by atoms with E-state index in [2.05, 4.69) is 5.32 Å². The van der Waals surface area contributed by atoms with Crippen LogP contribution in [0, 0.1) is 5.41 Å². The van der Waals surface area contributed by atoms with Crippen LogP contribution in [-0.4, -0.2) is 63.2 Å². The predicted molar refractivity (Wildman–Crippen MR) is 50.4 cm³/mol. The maximum absolute atomic E-state index is 11.1. The summed E-state index contributed by atoms with van der Waals surface area (Å²) in [6, 6.07) is 0. The van der Waals surface area contributed by atoms with Gasteiger partial charge in [0, 0.05) is 12.8 Å². The molecular formula is C9H14KNO2. The van der Waals surface area contributed by atoms with E-state index in [0.717, 1.165) is 12.8 Å². The maximum atomic E-state index is 11.1. The fraction of sp³-hybridized carbons (Fsp3) is 0.778. The van der Waals surface area contributed by atoms with E-state index in [1.165, 1.54) is 12.8 Å². The van der Waals surface area contributed by atoms with Gasteiger partial charge < -0.3 is 0 Å². The molecule has 0 radical (unpaired) electrons. The number of amides is 2. The van der Waals surface area contributed by atoms with Gasteiger partial charge in [-0.05, 0) is 18.3 Å². The van der Waals surface area contributed by atoms with E-state index in [1.54, 1.807) is 0 Å². The Hall–Kier alpha value is 0.776. The van der Waals surface area contributed by atoms with E-state index < -0.39 is 0 Å². The Bertz CT molecular complexity index is 216. The fourth-order valence-electron chi connectivity index (χ4n) is 2.47. The summed E-state index contributed by atoms with van der Waals surface area (Å²) in [6.07, 6.45) is 5.62. The molecule has 0 aromatic carbocycles. The first-order valence-corrected chi connectivity index (χ1v) is 4.53. The molecule has 0 atom stereocenters. The standard InChI is InChI=1S/C9H13NO2.K.H/c11-7-5-9(3-1-2-4-9)6-8(12)10-7;;/h1-6H2,(H,10,11,12);;. The number of carbonyl (C=O) groups is 2. The van der Waals surface area contributed by atoms with Crippen molar-refractivity contribution >= 4 is 63.2 Å². The minimum atomic E-state index is -0.0758. The molecule has 3 nitrogen and oxygen atoms in total.